The van der Waals surface area contributed by atoms with Crippen LogP contribution in [0.15, 0.2) is 24.5 Å². The van der Waals surface area contributed by atoms with Crippen LogP contribution in [-0.4, -0.2) is 25.7 Å². The highest BCUT2D eigenvalue weighted by Crippen LogP contribution is 2.28. The zero-order chi connectivity index (χ0) is 17.3. The first kappa shape index (κ1) is 16.9. The predicted molar refractivity (Wildman–Crippen MR) is 75.2 cm³/mol. The van der Waals surface area contributed by atoms with Gasteiger partial charge < -0.3 is 5.32 Å². The van der Waals surface area contributed by atoms with Gasteiger partial charge in [-0.15, -0.1) is 0 Å². The van der Waals surface area contributed by atoms with Crippen molar-refractivity contribution < 1.29 is 18.0 Å². The largest absolute Gasteiger partial charge is 0.435 e. The van der Waals surface area contributed by atoms with Gasteiger partial charge in [0, 0.05) is 18.1 Å². The highest BCUT2D eigenvalue weighted by atomic mass is 19.4. The summed E-state index contributed by atoms with van der Waals surface area (Å²) in [5.74, 6) is -0.0797. The second kappa shape index (κ2) is 5.98. The lowest BCUT2D eigenvalue weighted by Crippen LogP contribution is -2.44. The van der Waals surface area contributed by atoms with Crippen molar-refractivity contribution in [2.75, 3.05) is 0 Å². The molecule has 0 radical (unpaired) electrons. The van der Waals surface area contributed by atoms with Crippen molar-refractivity contribution in [2.24, 2.45) is 0 Å². The zero-order valence-electron chi connectivity index (χ0n) is 12.8. The first-order valence-corrected chi connectivity index (χ1v) is 6.80. The number of aryl methyl sites for hydroxylation is 1. The molecular formula is C14H16F3N5O. The average molecular weight is 327 g/mol. The highest BCUT2D eigenvalue weighted by molar-refractivity contribution is 5.76. The maximum Gasteiger partial charge on any atom is 0.435 e. The van der Waals surface area contributed by atoms with E-state index in [2.05, 4.69) is 20.4 Å². The first-order chi connectivity index (χ1) is 10.6. The van der Waals surface area contributed by atoms with E-state index in [0.29, 0.717) is 5.82 Å². The third-order valence-corrected chi connectivity index (χ3v) is 3.14. The van der Waals surface area contributed by atoms with Crippen LogP contribution in [0.2, 0.25) is 0 Å². The number of nitrogens with one attached hydrogen (secondary N) is 1. The maximum atomic E-state index is 12.6. The Morgan fingerprint density at radius 2 is 1.87 bits per heavy atom. The second-order valence-electron chi connectivity index (χ2n) is 5.57. The third-order valence-electron chi connectivity index (χ3n) is 3.14. The molecule has 0 aliphatic rings. The Bertz CT molecular complexity index is 694. The van der Waals surface area contributed by atoms with E-state index in [0.717, 1.165) is 10.7 Å². The van der Waals surface area contributed by atoms with Gasteiger partial charge in [-0.3, -0.25) is 9.48 Å². The van der Waals surface area contributed by atoms with Crippen molar-refractivity contribution in [3.63, 3.8) is 0 Å². The first-order valence-electron chi connectivity index (χ1n) is 6.80. The molecule has 0 aliphatic carbocycles. The molecule has 0 fully saturated rings. The van der Waals surface area contributed by atoms with E-state index in [1.807, 2.05) is 0 Å². The Labute approximate surface area is 130 Å². The number of aromatic nitrogens is 4. The molecule has 0 spiro atoms. The molecule has 0 aromatic carbocycles. The van der Waals surface area contributed by atoms with E-state index in [1.165, 1.54) is 6.92 Å². The molecule has 0 aliphatic heterocycles. The molecular weight excluding hydrogens is 311 g/mol. The van der Waals surface area contributed by atoms with Crippen LogP contribution in [0.1, 0.15) is 31.1 Å². The highest BCUT2D eigenvalue weighted by Gasteiger charge is 2.34. The lowest BCUT2D eigenvalue weighted by molar-refractivity contribution is -0.141. The van der Waals surface area contributed by atoms with Crippen LogP contribution in [0.4, 0.5) is 13.2 Å². The van der Waals surface area contributed by atoms with Gasteiger partial charge in [0.2, 0.25) is 5.91 Å². The van der Waals surface area contributed by atoms with Gasteiger partial charge in [-0.2, -0.15) is 18.3 Å². The summed E-state index contributed by atoms with van der Waals surface area (Å²) >= 11 is 0. The summed E-state index contributed by atoms with van der Waals surface area (Å²) < 4.78 is 38.9. The van der Waals surface area contributed by atoms with Crippen molar-refractivity contribution in [1.29, 1.82) is 0 Å². The quantitative estimate of drug-likeness (QED) is 0.933. The van der Waals surface area contributed by atoms with E-state index < -0.39 is 23.3 Å². The van der Waals surface area contributed by atoms with E-state index >= 15 is 0 Å². The number of alkyl halides is 3. The van der Waals surface area contributed by atoms with Crippen molar-refractivity contribution in [1.82, 2.24) is 25.1 Å². The third kappa shape index (κ3) is 4.05. The van der Waals surface area contributed by atoms with E-state index in [-0.39, 0.29) is 12.2 Å². The Kier molecular flexibility index (Phi) is 4.39. The minimum absolute atomic E-state index is 0.251. The van der Waals surface area contributed by atoms with Gasteiger partial charge in [-0.25, -0.2) is 9.97 Å². The van der Waals surface area contributed by atoms with E-state index in [1.54, 1.807) is 32.3 Å². The smallest absolute Gasteiger partial charge is 0.342 e. The van der Waals surface area contributed by atoms with Gasteiger partial charge in [0.1, 0.15) is 6.54 Å². The summed E-state index contributed by atoms with van der Waals surface area (Å²) in [7, 11) is 0. The number of amides is 1. The fourth-order valence-electron chi connectivity index (χ4n) is 2.01. The van der Waals surface area contributed by atoms with Gasteiger partial charge in [-0.05, 0) is 32.9 Å². The lowest BCUT2D eigenvalue weighted by Gasteiger charge is -2.24. The molecule has 6 nitrogen and oxygen atoms in total. The van der Waals surface area contributed by atoms with Crippen molar-refractivity contribution >= 4 is 5.91 Å². The van der Waals surface area contributed by atoms with Gasteiger partial charge >= 0.3 is 6.18 Å². The lowest BCUT2D eigenvalue weighted by atomic mass is 10.0. The maximum absolute atomic E-state index is 12.6. The van der Waals surface area contributed by atoms with Gasteiger partial charge in [0.25, 0.3) is 0 Å². The molecule has 124 valence electrons. The van der Waals surface area contributed by atoms with Crippen LogP contribution in [0.25, 0.3) is 0 Å². The fraction of sp³-hybridized carbons (Fsp3) is 0.429. The summed E-state index contributed by atoms with van der Waals surface area (Å²) in [6, 6.07) is 2.55. The Morgan fingerprint density at radius 3 is 2.39 bits per heavy atom. The average Bonchev–Trinajstić information content (AvgIpc) is 2.80. The van der Waals surface area contributed by atoms with Crippen molar-refractivity contribution in [2.45, 2.75) is 39.0 Å². The minimum atomic E-state index is -4.54. The molecule has 2 heterocycles. The fourth-order valence-corrected chi connectivity index (χ4v) is 2.01. The molecule has 2 aromatic heterocycles. The number of carbonyl (C=O) groups is 1. The number of carbonyl (C=O) groups excluding carboxylic acids is 1. The summed E-state index contributed by atoms with van der Waals surface area (Å²) in [4.78, 5) is 20.2. The molecule has 1 N–H and O–H groups in total. The van der Waals surface area contributed by atoms with Crippen LogP contribution in [0.3, 0.4) is 0 Å². The van der Waals surface area contributed by atoms with Gasteiger partial charge in [0.15, 0.2) is 11.5 Å². The van der Waals surface area contributed by atoms with Crippen molar-refractivity contribution in [3.05, 3.63) is 41.7 Å². The Balaban J connectivity index is 2.10. The molecule has 0 saturated heterocycles. The van der Waals surface area contributed by atoms with Crippen LogP contribution in [-0.2, 0) is 23.1 Å². The summed E-state index contributed by atoms with van der Waals surface area (Å²) in [6.07, 6.45) is -1.45. The van der Waals surface area contributed by atoms with Gasteiger partial charge in [0.05, 0.1) is 5.54 Å². The molecule has 2 aromatic rings. The number of nitrogens with zero attached hydrogens (tertiary/aromatic N) is 4. The summed E-state index contributed by atoms with van der Waals surface area (Å²) in [6.45, 7) is 4.55. The molecule has 0 saturated carbocycles. The van der Waals surface area contributed by atoms with Crippen molar-refractivity contribution in [3.8, 4) is 0 Å². The minimum Gasteiger partial charge on any atom is -0.342 e. The van der Waals surface area contributed by atoms with Crippen LogP contribution in [0, 0.1) is 6.92 Å². The monoisotopic (exact) mass is 327 g/mol. The molecule has 23 heavy (non-hydrogen) atoms. The van der Waals surface area contributed by atoms with Crippen LogP contribution < -0.4 is 5.32 Å². The second-order valence-corrected chi connectivity index (χ2v) is 5.57. The van der Waals surface area contributed by atoms with E-state index in [4.69, 9.17) is 0 Å². The predicted octanol–water partition coefficient (Wildman–Crippen LogP) is 2.05. The normalized spacial score (nSPS) is 12.3. The zero-order valence-corrected chi connectivity index (χ0v) is 12.8. The van der Waals surface area contributed by atoms with E-state index in [9.17, 15) is 18.0 Å². The number of hydrogen-bond acceptors (Lipinski definition) is 4. The SMILES string of the molecule is Cc1cc(C(F)(F)F)nn1CC(=O)NC(C)(C)c1ncccn1. The molecule has 0 atom stereocenters. The molecule has 0 unspecified atom stereocenters. The molecule has 1 amide bonds. The Hall–Kier alpha value is -2.45. The molecule has 2 rings (SSSR count). The topological polar surface area (TPSA) is 72.7 Å². The van der Waals surface area contributed by atoms with Gasteiger partial charge in [-0.1, -0.05) is 0 Å². The Morgan fingerprint density at radius 1 is 1.26 bits per heavy atom. The summed E-state index contributed by atoms with van der Waals surface area (Å²) in [5, 5.41) is 6.11. The summed E-state index contributed by atoms with van der Waals surface area (Å²) in [5.41, 5.74) is -1.62. The number of rotatable bonds is 4. The molecule has 0 bridgehead atoms. The standard InChI is InChI=1S/C14H16F3N5O/c1-9-7-10(14(15,16)17)21-22(9)8-11(23)20-13(2,3)12-18-5-4-6-19-12/h4-7H,8H2,1-3H3,(H,20,23). The number of halogens is 3. The van der Waals surface area contributed by atoms with Crippen LogP contribution in [0.5, 0.6) is 0 Å². The number of hydrogen-bond donors (Lipinski definition) is 1. The van der Waals surface area contributed by atoms with Crippen LogP contribution >= 0.6 is 0 Å². The molecule has 9 heteroatoms.